The van der Waals surface area contributed by atoms with Gasteiger partial charge in [0.05, 0.1) is 0 Å². The van der Waals surface area contributed by atoms with Crippen molar-refractivity contribution in [3.8, 4) is 0 Å². The number of anilines is 1. The van der Waals surface area contributed by atoms with E-state index in [-0.39, 0.29) is 18.3 Å². The van der Waals surface area contributed by atoms with Gasteiger partial charge in [0.15, 0.2) is 0 Å². The first-order chi connectivity index (χ1) is 10.2. The van der Waals surface area contributed by atoms with Crippen molar-refractivity contribution in [2.24, 2.45) is 5.73 Å². The van der Waals surface area contributed by atoms with Crippen LogP contribution in [0.5, 0.6) is 0 Å². The zero-order valence-corrected chi connectivity index (χ0v) is 13.5. The third-order valence-electron chi connectivity index (χ3n) is 4.42. The minimum Gasteiger partial charge on any atom is -0.330 e. The van der Waals surface area contributed by atoms with E-state index >= 15 is 0 Å². The van der Waals surface area contributed by atoms with Gasteiger partial charge in [0, 0.05) is 12.7 Å². The van der Waals surface area contributed by atoms with Crippen molar-refractivity contribution >= 4 is 24.0 Å². The number of carbonyl (C=O) groups is 1. The average molecular weight is 317 g/mol. The lowest BCUT2D eigenvalue weighted by Gasteiger charge is -2.29. The molecule has 0 aromatic heterocycles. The molecule has 2 N–H and O–H groups in total. The van der Waals surface area contributed by atoms with Gasteiger partial charge in [-0.2, -0.15) is 0 Å². The van der Waals surface area contributed by atoms with Gasteiger partial charge in [0.2, 0.25) is 5.91 Å². The SMILES string of the molecule is CN1C(=O)C(CCCN)(c2ccccc2)c2ccccc21.Cl. The summed E-state index contributed by atoms with van der Waals surface area (Å²) >= 11 is 0. The molecule has 3 nitrogen and oxygen atoms in total. The molecule has 1 heterocycles. The van der Waals surface area contributed by atoms with Gasteiger partial charge < -0.3 is 10.6 Å². The maximum atomic E-state index is 13.1. The number of likely N-dealkylation sites (N-methyl/N-ethyl adjacent to an activating group) is 1. The minimum atomic E-state index is -0.591. The maximum absolute atomic E-state index is 13.1. The fourth-order valence-electron chi connectivity index (χ4n) is 3.39. The number of nitrogens with two attached hydrogens (primary N) is 1. The van der Waals surface area contributed by atoms with Crippen molar-refractivity contribution in [2.45, 2.75) is 18.3 Å². The van der Waals surface area contributed by atoms with E-state index in [0.717, 1.165) is 29.7 Å². The van der Waals surface area contributed by atoms with Crippen LogP contribution in [0.1, 0.15) is 24.0 Å². The molecule has 22 heavy (non-hydrogen) atoms. The third-order valence-corrected chi connectivity index (χ3v) is 4.42. The molecule has 1 atom stereocenters. The quantitative estimate of drug-likeness (QED) is 0.942. The predicted octanol–water partition coefficient (Wildman–Crippen LogP) is 3.11. The van der Waals surface area contributed by atoms with Gasteiger partial charge in [0.25, 0.3) is 0 Å². The van der Waals surface area contributed by atoms with Crippen LogP contribution in [0.3, 0.4) is 0 Å². The van der Waals surface area contributed by atoms with Crippen LogP contribution in [-0.2, 0) is 10.2 Å². The van der Waals surface area contributed by atoms with Gasteiger partial charge in [-0.3, -0.25) is 4.79 Å². The zero-order chi connectivity index (χ0) is 14.9. The molecule has 1 amide bonds. The third kappa shape index (κ3) is 2.31. The molecule has 3 rings (SSSR count). The van der Waals surface area contributed by atoms with E-state index in [1.54, 1.807) is 4.90 Å². The molecule has 1 unspecified atom stereocenters. The number of benzene rings is 2. The smallest absolute Gasteiger partial charge is 0.241 e. The van der Waals surface area contributed by atoms with Crippen LogP contribution in [0.15, 0.2) is 54.6 Å². The van der Waals surface area contributed by atoms with Gasteiger partial charge in [-0.25, -0.2) is 0 Å². The number of halogens is 1. The summed E-state index contributed by atoms with van der Waals surface area (Å²) in [6, 6.07) is 18.1. The fourth-order valence-corrected chi connectivity index (χ4v) is 3.39. The second kappa shape index (κ2) is 6.51. The van der Waals surface area contributed by atoms with Crippen LogP contribution in [0.4, 0.5) is 5.69 Å². The molecular formula is C18H21ClN2O. The highest BCUT2D eigenvalue weighted by Gasteiger charge is 2.50. The average Bonchev–Trinajstić information content (AvgIpc) is 2.76. The van der Waals surface area contributed by atoms with Crippen molar-refractivity contribution < 1.29 is 4.79 Å². The van der Waals surface area contributed by atoms with E-state index in [2.05, 4.69) is 6.07 Å². The van der Waals surface area contributed by atoms with Crippen LogP contribution in [0.2, 0.25) is 0 Å². The van der Waals surface area contributed by atoms with Crippen molar-refractivity contribution in [2.75, 3.05) is 18.5 Å². The lowest BCUT2D eigenvalue weighted by atomic mass is 9.72. The first-order valence-electron chi connectivity index (χ1n) is 7.35. The molecule has 1 aliphatic rings. The molecule has 1 aliphatic heterocycles. The number of fused-ring (bicyclic) bond motifs is 1. The number of para-hydroxylation sites is 1. The van der Waals surface area contributed by atoms with Crippen LogP contribution < -0.4 is 10.6 Å². The van der Waals surface area contributed by atoms with E-state index < -0.39 is 5.41 Å². The second-order valence-corrected chi connectivity index (χ2v) is 5.54. The molecule has 4 heteroatoms. The summed E-state index contributed by atoms with van der Waals surface area (Å²) in [5.41, 5.74) is 8.28. The molecule has 0 saturated carbocycles. The Morgan fingerprint density at radius 2 is 1.68 bits per heavy atom. The Labute approximate surface area is 137 Å². The Bertz CT molecular complexity index is 659. The number of rotatable bonds is 4. The van der Waals surface area contributed by atoms with Crippen LogP contribution in [-0.4, -0.2) is 19.5 Å². The Hall–Kier alpha value is -1.84. The van der Waals surface area contributed by atoms with E-state index in [0.29, 0.717) is 6.54 Å². The zero-order valence-electron chi connectivity index (χ0n) is 12.7. The van der Waals surface area contributed by atoms with Gasteiger partial charge in [0.1, 0.15) is 5.41 Å². The number of nitrogens with zero attached hydrogens (tertiary/aromatic N) is 1. The molecule has 0 saturated heterocycles. The first kappa shape index (κ1) is 16.5. The lowest BCUT2D eigenvalue weighted by molar-refractivity contribution is -0.121. The van der Waals surface area contributed by atoms with E-state index in [1.807, 2.05) is 55.6 Å². The van der Waals surface area contributed by atoms with E-state index in [4.69, 9.17) is 5.73 Å². The fraction of sp³-hybridized carbons (Fsp3) is 0.278. The Kier molecular flexibility index (Phi) is 4.89. The summed E-state index contributed by atoms with van der Waals surface area (Å²) in [5.74, 6) is 0.142. The molecular weight excluding hydrogens is 296 g/mol. The number of carbonyl (C=O) groups excluding carboxylic acids is 1. The largest absolute Gasteiger partial charge is 0.330 e. The van der Waals surface area contributed by atoms with Crippen molar-refractivity contribution in [3.63, 3.8) is 0 Å². The molecule has 0 fully saturated rings. The Morgan fingerprint density at radius 1 is 1.05 bits per heavy atom. The summed E-state index contributed by atoms with van der Waals surface area (Å²) < 4.78 is 0. The number of hydrogen-bond donors (Lipinski definition) is 1. The molecule has 0 radical (unpaired) electrons. The Balaban J connectivity index is 0.00000176. The summed E-state index contributed by atoms with van der Waals surface area (Å²) in [5, 5.41) is 0. The monoisotopic (exact) mass is 316 g/mol. The molecule has 0 aliphatic carbocycles. The normalized spacial score (nSPS) is 19.7. The highest BCUT2D eigenvalue weighted by molar-refractivity contribution is 6.10. The van der Waals surface area contributed by atoms with E-state index in [9.17, 15) is 4.79 Å². The molecule has 2 aromatic rings. The van der Waals surface area contributed by atoms with Crippen molar-refractivity contribution in [3.05, 3.63) is 65.7 Å². The standard InChI is InChI=1S/C18H20N2O.ClH/c1-20-16-11-6-5-10-15(16)18(17(20)21,12-7-13-19)14-8-3-2-4-9-14;/h2-6,8-11H,7,12-13,19H2,1H3;1H. The molecule has 2 aromatic carbocycles. The Morgan fingerprint density at radius 3 is 2.36 bits per heavy atom. The van der Waals surface area contributed by atoms with Gasteiger partial charge >= 0.3 is 0 Å². The van der Waals surface area contributed by atoms with Crippen LogP contribution in [0, 0.1) is 0 Å². The second-order valence-electron chi connectivity index (χ2n) is 5.54. The van der Waals surface area contributed by atoms with Crippen molar-refractivity contribution in [1.82, 2.24) is 0 Å². The lowest BCUT2D eigenvalue weighted by Crippen LogP contribution is -2.40. The highest BCUT2D eigenvalue weighted by Crippen LogP contribution is 2.48. The van der Waals surface area contributed by atoms with Crippen LogP contribution in [0.25, 0.3) is 0 Å². The maximum Gasteiger partial charge on any atom is 0.241 e. The van der Waals surface area contributed by atoms with Gasteiger partial charge in [-0.05, 0) is 36.6 Å². The number of hydrogen-bond acceptors (Lipinski definition) is 2. The summed E-state index contributed by atoms with van der Waals surface area (Å²) in [4.78, 5) is 14.9. The van der Waals surface area contributed by atoms with Gasteiger partial charge in [-0.1, -0.05) is 48.5 Å². The molecule has 116 valence electrons. The summed E-state index contributed by atoms with van der Waals surface area (Å²) in [7, 11) is 1.86. The number of amides is 1. The van der Waals surface area contributed by atoms with Gasteiger partial charge in [-0.15, -0.1) is 12.4 Å². The molecule has 0 spiro atoms. The minimum absolute atomic E-state index is 0. The van der Waals surface area contributed by atoms with Crippen LogP contribution >= 0.6 is 12.4 Å². The first-order valence-corrected chi connectivity index (χ1v) is 7.35. The summed E-state index contributed by atoms with van der Waals surface area (Å²) in [6.07, 6.45) is 1.57. The predicted molar refractivity (Wildman–Crippen MR) is 92.6 cm³/mol. The molecule has 0 bridgehead atoms. The highest BCUT2D eigenvalue weighted by atomic mass is 35.5. The van der Waals surface area contributed by atoms with E-state index in [1.165, 1.54) is 0 Å². The van der Waals surface area contributed by atoms with Crippen molar-refractivity contribution in [1.29, 1.82) is 0 Å². The summed E-state index contributed by atoms with van der Waals surface area (Å²) in [6.45, 7) is 0.591. The topological polar surface area (TPSA) is 46.3 Å².